The third-order valence-electron chi connectivity index (χ3n) is 4.33. The molecule has 0 aliphatic rings. The Morgan fingerprint density at radius 1 is 1.22 bits per heavy atom. The second-order valence-corrected chi connectivity index (χ2v) is 7.42. The molecule has 0 unspecified atom stereocenters. The van der Waals surface area contributed by atoms with Gasteiger partial charge in [-0.15, -0.1) is 35.3 Å². The molecule has 0 saturated heterocycles. The van der Waals surface area contributed by atoms with Crippen LogP contribution in [0.3, 0.4) is 0 Å². The molecule has 0 fully saturated rings. The Balaban J connectivity index is 0.00000261. The van der Waals surface area contributed by atoms with Crippen LogP contribution in [-0.4, -0.2) is 35.6 Å². The Kier molecular flexibility index (Phi) is 8.56. The number of halogens is 1. The van der Waals surface area contributed by atoms with Gasteiger partial charge in [-0.25, -0.2) is 4.98 Å². The molecule has 2 aromatic heterocycles. The lowest BCUT2D eigenvalue weighted by Gasteiger charge is -2.11. The molecule has 3 N–H and O–H groups in total. The van der Waals surface area contributed by atoms with Crippen LogP contribution in [0, 0.1) is 13.8 Å². The number of guanidine groups is 1. The van der Waals surface area contributed by atoms with E-state index in [9.17, 15) is 0 Å². The minimum Gasteiger partial charge on any atom is -0.361 e. The molecule has 2 heterocycles. The molecule has 0 atom stereocenters. The lowest BCUT2D eigenvalue weighted by molar-refractivity contribution is 0.796. The zero-order valence-corrected chi connectivity index (χ0v) is 19.3. The molecule has 0 amide bonds. The van der Waals surface area contributed by atoms with Crippen molar-refractivity contribution in [1.82, 2.24) is 20.6 Å². The summed E-state index contributed by atoms with van der Waals surface area (Å²) < 4.78 is 0. The molecule has 0 radical (unpaired) electrons. The fourth-order valence-corrected chi connectivity index (χ4v) is 3.76. The van der Waals surface area contributed by atoms with Gasteiger partial charge in [-0.2, -0.15) is 0 Å². The van der Waals surface area contributed by atoms with E-state index in [4.69, 9.17) is 0 Å². The van der Waals surface area contributed by atoms with E-state index < -0.39 is 0 Å². The molecule has 0 aliphatic carbocycles. The number of hydrogen-bond acceptors (Lipinski definition) is 3. The predicted octanol–water partition coefficient (Wildman–Crippen LogP) is 4.20. The number of thiazole rings is 1. The highest BCUT2D eigenvalue weighted by atomic mass is 127. The number of aryl methyl sites for hydroxylation is 2. The van der Waals surface area contributed by atoms with Crippen molar-refractivity contribution in [2.24, 2.45) is 4.99 Å². The molecule has 27 heavy (non-hydrogen) atoms. The molecule has 5 nitrogen and oxygen atoms in total. The Bertz CT molecular complexity index is 884. The van der Waals surface area contributed by atoms with Crippen LogP contribution in [0.15, 0.2) is 34.8 Å². The smallest absolute Gasteiger partial charge is 0.191 e. The van der Waals surface area contributed by atoms with Crippen molar-refractivity contribution in [2.75, 3.05) is 19.6 Å². The standard InChI is InChI=1S/C20H27N5S.HI/c1-4-21-20(23-11-9-17-13-26-15(3)25-17)22-10-8-16-12-24-18-7-5-6-14(2)19(16)18;/h5-7,12-13,24H,4,8-11H2,1-3H3,(H2,21,22,23);1H. The van der Waals surface area contributed by atoms with Crippen LogP contribution < -0.4 is 10.6 Å². The fourth-order valence-electron chi connectivity index (χ4n) is 3.11. The number of H-pyrrole nitrogens is 1. The van der Waals surface area contributed by atoms with E-state index in [1.165, 1.54) is 22.0 Å². The monoisotopic (exact) mass is 497 g/mol. The summed E-state index contributed by atoms with van der Waals surface area (Å²) in [4.78, 5) is 12.5. The number of aromatic amines is 1. The lowest BCUT2D eigenvalue weighted by Crippen LogP contribution is -2.38. The summed E-state index contributed by atoms with van der Waals surface area (Å²) in [5, 5.41) is 11.3. The molecule has 3 rings (SSSR count). The van der Waals surface area contributed by atoms with Crippen molar-refractivity contribution in [1.29, 1.82) is 0 Å². The summed E-state index contributed by atoms with van der Waals surface area (Å²) >= 11 is 1.69. The average Bonchev–Trinajstić information content (AvgIpc) is 3.22. The number of aromatic nitrogens is 2. The van der Waals surface area contributed by atoms with Crippen LogP contribution in [-0.2, 0) is 12.8 Å². The van der Waals surface area contributed by atoms with Gasteiger partial charge in [0.15, 0.2) is 5.96 Å². The Hall–Kier alpha value is -1.61. The van der Waals surface area contributed by atoms with Gasteiger partial charge in [-0.05, 0) is 44.4 Å². The number of nitrogens with zero attached hydrogens (tertiary/aromatic N) is 2. The topological polar surface area (TPSA) is 65.1 Å². The quantitative estimate of drug-likeness (QED) is 0.261. The maximum atomic E-state index is 4.67. The van der Waals surface area contributed by atoms with E-state index in [2.05, 4.69) is 69.2 Å². The van der Waals surface area contributed by atoms with Gasteiger partial charge in [0.1, 0.15) is 0 Å². The van der Waals surface area contributed by atoms with Gasteiger partial charge in [0.2, 0.25) is 0 Å². The second-order valence-electron chi connectivity index (χ2n) is 6.36. The van der Waals surface area contributed by atoms with E-state index in [0.717, 1.165) is 49.1 Å². The Morgan fingerprint density at radius 2 is 2.07 bits per heavy atom. The SMILES string of the molecule is CCNC(=NCCc1csc(C)n1)NCCc1c[nH]c2cccc(C)c12.I. The zero-order chi connectivity index (χ0) is 18.4. The first kappa shape index (κ1) is 21.7. The minimum absolute atomic E-state index is 0. The highest BCUT2D eigenvalue weighted by Gasteiger charge is 2.06. The van der Waals surface area contributed by atoms with Gasteiger partial charge in [-0.3, -0.25) is 4.99 Å². The van der Waals surface area contributed by atoms with Crippen molar-refractivity contribution >= 4 is 52.2 Å². The summed E-state index contributed by atoms with van der Waals surface area (Å²) in [6, 6.07) is 6.39. The predicted molar refractivity (Wildman–Crippen MR) is 127 cm³/mol. The molecule has 7 heteroatoms. The normalized spacial score (nSPS) is 11.4. The van der Waals surface area contributed by atoms with Gasteiger partial charge in [0.25, 0.3) is 0 Å². The maximum absolute atomic E-state index is 4.67. The van der Waals surface area contributed by atoms with Crippen molar-refractivity contribution < 1.29 is 0 Å². The van der Waals surface area contributed by atoms with Crippen molar-refractivity contribution in [2.45, 2.75) is 33.6 Å². The molecule has 0 spiro atoms. The third kappa shape index (κ3) is 5.93. The van der Waals surface area contributed by atoms with Crippen LogP contribution in [0.2, 0.25) is 0 Å². The molecule has 0 bridgehead atoms. The minimum atomic E-state index is 0. The largest absolute Gasteiger partial charge is 0.361 e. The number of benzene rings is 1. The number of hydrogen-bond donors (Lipinski definition) is 3. The fraction of sp³-hybridized carbons (Fsp3) is 0.400. The van der Waals surface area contributed by atoms with E-state index in [1.54, 1.807) is 11.3 Å². The van der Waals surface area contributed by atoms with Gasteiger partial charge >= 0.3 is 0 Å². The number of rotatable bonds is 7. The van der Waals surface area contributed by atoms with Crippen LogP contribution in [0.25, 0.3) is 10.9 Å². The highest BCUT2D eigenvalue weighted by molar-refractivity contribution is 14.0. The first-order chi connectivity index (χ1) is 12.7. The Labute approximate surface area is 182 Å². The molecular weight excluding hydrogens is 469 g/mol. The van der Waals surface area contributed by atoms with Crippen molar-refractivity contribution in [3.05, 3.63) is 51.6 Å². The molecule has 3 aromatic rings. The molecular formula is C20H28IN5S. The van der Waals surface area contributed by atoms with E-state index in [-0.39, 0.29) is 24.0 Å². The van der Waals surface area contributed by atoms with E-state index in [0.29, 0.717) is 0 Å². The van der Waals surface area contributed by atoms with Crippen LogP contribution >= 0.6 is 35.3 Å². The summed E-state index contributed by atoms with van der Waals surface area (Å²) in [7, 11) is 0. The van der Waals surface area contributed by atoms with Gasteiger partial charge < -0.3 is 15.6 Å². The van der Waals surface area contributed by atoms with Gasteiger partial charge in [0, 0.05) is 48.5 Å². The summed E-state index contributed by atoms with van der Waals surface area (Å²) in [5.74, 6) is 0.871. The highest BCUT2D eigenvalue weighted by Crippen LogP contribution is 2.22. The average molecular weight is 497 g/mol. The van der Waals surface area contributed by atoms with Crippen LogP contribution in [0.1, 0.15) is 28.8 Å². The van der Waals surface area contributed by atoms with Gasteiger partial charge in [-0.1, -0.05) is 12.1 Å². The number of fused-ring (bicyclic) bond motifs is 1. The maximum Gasteiger partial charge on any atom is 0.191 e. The number of nitrogens with one attached hydrogen (secondary N) is 3. The summed E-state index contributed by atoms with van der Waals surface area (Å²) in [6.07, 6.45) is 3.96. The van der Waals surface area contributed by atoms with Crippen LogP contribution in [0.5, 0.6) is 0 Å². The van der Waals surface area contributed by atoms with Crippen molar-refractivity contribution in [3.63, 3.8) is 0 Å². The first-order valence-electron chi connectivity index (χ1n) is 9.16. The van der Waals surface area contributed by atoms with E-state index >= 15 is 0 Å². The molecule has 1 aromatic carbocycles. The number of aliphatic imine (C=N–C) groups is 1. The molecule has 146 valence electrons. The van der Waals surface area contributed by atoms with E-state index in [1.807, 2.05) is 6.92 Å². The summed E-state index contributed by atoms with van der Waals surface area (Å²) in [5.41, 5.74) is 5.00. The molecule has 0 aliphatic heterocycles. The Morgan fingerprint density at radius 3 is 2.81 bits per heavy atom. The van der Waals surface area contributed by atoms with Crippen molar-refractivity contribution in [3.8, 4) is 0 Å². The second kappa shape index (κ2) is 10.7. The zero-order valence-electron chi connectivity index (χ0n) is 16.1. The van der Waals surface area contributed by atoms with Crippen LogP contribution in [0.4, 0.5) is 0 Å². The summed E-state index contributed by atoms with van der Waals surface area (Å²) in [6.45, 7) is 8.74. The third-order valence-corrected chi connectivity index (χ3v) is 5.15. The lowest BCUT2D eigenvalue weighted by atomic mass is 10.1. The molecule has 0 saturated carbocycles. The van der Waals surface area contributed by atoms with Gasteiger partial charge in [0.05, 0.1) is 10.7 Å². The first-order valence-corrected chi connectivity index (χ1v) is 10.0.